The van der Waals surface area contributed by atoms with Crippen LogP contribution in [0.4, 0.5) is 9.18 Å². The van der Waals surface area contributed by atoms with Gasteiger partial charge in [0.05, 0.1) is 18.5 Å². The fraction of sp³-hybridized carbons (Fsp3) is 0.412. The number of benzene rings is 1. The fourth-order valence-corrected chi connectivity index (χ4v) is 2.79. The molecule has 26 heavy (non-hydrogen) atoms. The molecule has 2 heterocycles. The number of nitrogens with zero attached hydrogens (tertiary/aromatic N) is 4. The van der Waals surface area contributed by atoms with E-state index in [0.29, 0.717) is 38.2 Å². The molecule has 1 N–H and O–H groups in total. The van der Waals surface area contributed by atoms with Crippen LogP contribution in [0.5, 0.6) is 0 Å². The molecule has 0 radical (unpaired) electrons. The van der Waals surface area contributed by atoms with Gasteiger partial charge in [-0.2, -0.15) is 0 Å². The van der Waals surface area contributed by atoms with Crippen molar-refractivity contribution in [2.24, 2.45) is 0 Å². The van der Waals surface area contributed by atoms with Crippen molar-refractivity contribution in [1.82, 2.24) is 25.2 Å². The Kier molecular flexibility index (Phi) is 5.45. The van der Waals surface area contributed by atoms with Crippen LogP contribution in [0.25, 0.3) is 5.69 Å². The highest BCUT2D eigenvalue weighted by Gasteiger charge is 2.25. The SMILES string of the molecule is CCOC(=O)N1CCC(NC(=O)c2cn(-c3cccc(F)c3)nn2)CC1. The normalized spacial score (nSPS) is 14.9. The quantitative estimate of drug-likeness (QED) is 0.896. The van der Waals surface area contributed by atoms with Crippen LogP contribution in [0.15, 0.2) is 30.5 Å². The first-order valence-electron chi connectivity index (χ1n) is 8.47. The van der Waals surface area contributed by atoms with Crippen LogP contribution in [-0.2, 0) is 4.74 Å². The summed E-state index contributed by atoms with van der Waals surface area (Å²) in [5.74, 6) is -0.736. The van der Waals surface area contributed by atoms with Gasteiger partial charge < -0.3 is 15.0 Å². The molecule has 2 aromatic rings. The van der Waals surface area contributed by atoms with Crippen molar-refractivity contribution in [3.05, 3.63) is 42.0 Å². The number of likely N-dealkylation sites (tertiary alicyclic amines) is 1. The van der Waals surface area contributed by atoms with Crippen LogP contribution in [0.3, 0.4) is 0 Å². The maximum atomic E-state index is 13.3. The lowest BCUT2D eigenvalue weighted by atomic mass is 10.1. The summed E-state index contributed by atoms with van der Waals surface area (Å²) in [6.45, 7) is 3.16. The molecule has 0 atom stereocenters. The molecule has 1 aliphatic rings. The van der Waals surface area contributed by atoms with Gasteiger partial charge >= 0.3 is 6.09 Å². The Labute approximate surface area is 149 Å². The number of hydrogen-bond acceptors (Lipinski definition) is 5. The van der Waals surface area contributed by atoms with Crippen LogP contribution in [0.2, 0.25) is 0 Å². The van der Waals surface area contributed by atoms with Crippen LogP contribution >= 0.6 is 0 Å². The number of aromatic nitrogens is 3. The Morgan fingerprint density at radius 1 is 1.35 bits per heavy atom. The number of nitrogens with one attached hydrogen (secondary N) is 1. The molecule has 2 amide bonds. The molecular formula is C17H20FN5O3. The van der Waals surface area contributed by atoms with E-state index in [-0.39, 0.29) is 23.7 Å². The molecule has 0 spiro atoms. The maximum absolute atomic E-state index is 13.3. The Morgan fingerprint density at radius 3 is 2.81 bits per heavy atom. The minimum atomic E-state index is -0.391. The summed E-state index contributed by atoms with van der Waals surface area (Å²) in [7, 11) is 0. The predicted molar refractivity (Wildman–Crippen MR) is 90.4 cm³/mol. The zero-order valence-corrected chi connectivity index (χ0v) is 14.4. The van der Waals surface area contributed by atoms with Gasteiger partial charge in [-0.05, 0) is 38.0 Å². The van der Waals surface area contributed by atoms with E-state index in [1.54, 1.807) is 24.0 Å². The third-order valence-electron chi connectivity index (χ3n) is 4.15. The van der Waals surface area contributed by atoms with E-state index in [9.17, 15) is 14.0 Å². The van der Waals surface area contributed by atoms with E-state index < -0.39 is 5.82 Å². The monoisotopic (exact) mass is 361 g/mol. The third kappa shape index (κ3) is 4.16. The van der Waals surface area contributed by atoms with Gasteiger partial charge in [0.15, 0.2) is 5.69 Å². The summed E-state index contributed by atoms with van der Waals surface area (Å²) in [6, 6.07) is 5.82. The topological polar surface area (TPSA) is 89.4 Å². The molecule has 0 unspecified atom stereocenters. The molecule has 1 fully saturated rings. The minimum Gasteiger partial charge on any atom is -0.450 e. The number of carbonyl (C=O) groups excluding carboxylic acids is 2. The van der Waals surface area contributed by atoms with Gasteiger partial charge in [-0.25, -0.2) is 13.9 Å². The molecule has 1 aromatic heterocycles. The summed E-state index contributed by atoms with van der Waals surface area (Å²) in [5, 5.41) is 10.6. The second-order valence-corrected chi connectivity index (χ2v) is 5.96. The molecule has 0 bridgehead atoms. The van der Waals surface area contributed by atoms with E-state index in [2.05, 4.69) is 15.6 Å². The Morgan fingerprint density at radius 2 is 2.12 bits per heavy atom. The van der Waals surface area contributed by atoms with E-state index in [4.69, 9.17) is 4.74 Å². The number of halogens is 1. The summed E-state index contributed by atoms with van der Waals surface area (Å²) in [5.41, 5.74) is 0.640. The van der Waals surface area contributed by atoms with Crippen molar-refractivity contribution >= 4 is 12.0 Å². The molecule has 1 aromatic carbocycles. The lowest BCUT2D eigenvalue weighted by Gasteiger charge is -2.31. The Balaban J connectivity index is 1.56. The average Bonchev–Trinajstić information content (AvgIpc) is 3.13. The zero-order chi connectivity index (χ0) is 18.5. The Bertz CT molecular complexity index is 786. The highest BCUT2D eigenvalue weighted by molar-refractivity contribution is 5.92. The first-order chi connectivity index (χ1) is 12.6. The van der Waals surface area contributed by atoms with Crippen LogP contribution in [0, 0.1) is 5.82 Å². The molecule has 138 valence electrons. The van der Waals surface area contributed by atoms with Gasteiger partial charge in [-0.1, -0.05) is 11.3 Å². The number of ether oxygens (including phenoxy) is 1. The number of rotatable bonds is 4. The maximum Gasteiger partial charge on any atom is 0.409 e. The highest BCUT2D eigenvalue weighted by atomic mass is 19.1. The Hall–Kier alpha value is -2.97. The molecule has 1 saturated heterocycles. The number of hydrogen-bond donors (Lipinski definition) is 1. The average molecular weight is 361 g/mol. The highest BCUT2D eigenvalue weighted by Crippen LogP contribution is 2.13. The van der Waals surface area contributed by atoms with Crippen molar-refractivity contribution in [3.63, 3.8) is 0 Å². The summed E-state index contributed by atoms with van der Waals surface area (Å²) >= 11 is 0. The lowest BCUT2D eigenvalue weighted by Crippen LogP contribution is -2.46. The number of piperidine rings is 1. The van der Waals surface area contributed by atoms with Crippen LogP contribution < -0.4 is 5.32 Å². The lowest BCUT2D eigenvalue weighted by molar-refractivity contribution is 0.0856. The van der Waals surface area contributed by atoms with Crippen molar-refractivity contribution in [1.29, 1.82) is 0 Å². The van der Waals surface area contributed by atoms with Gasteiger partial charge in [-0.15, -0.1) is 5.10 Å². The third-order valence-corrected chi connectivity index (χ3v) is 4.15. The van der Waals surface area contributed by atoms with E-state index in [1.165, 1.54) is 23.0 Å². The molecule has 1 aliphatic heterocycles. The molecule has 0 saturated carbocycles. The van der Waals surface area contributed by atoms with E-state index in [0.717, 1.165) is 0 Å². The first-order valence-corrected chi connectivity index (χ1v) is 8.47. The summed E-state index contributed by atoms with van der Waals surface area (Å²) < 4.78 is 19.6. The van der Waals surface area contributed by atoms with Crippen molar-refractivity contribution in [2.75, 3.05) is 19.7 Å². The number of amides is 2. The summed E-state index contributed by atoms with van der Waals surface area (Å²) in [4.78, 5) is 25.6. The van der Waals surface area contributed by atoms with Gasteiger partial charge in [-0.3, -0.25) is 4.79 Å². The smallest absolute Gasteiger partial charge is 0.409 e. The minimum absolute atomic E-state index is 0.0486. The van der Waals surface area contributed by atoms with E-state index >= 15 is 0 Å². The largest absolute Gasteiger partial charge is 0.450 e. The van der Waals surface area contributed by atoms with Gasteiger partial charge in [0.25, 0.3) is 5.91 Å². The van der Waals surface area contributed by atoms with Crippen molar-refractivity contribution in [3.8, 4) is 5.69 Å². The van der Waals surface area contributed by atoms with Crippen LogP contribution in [-0.4, -0.2) is 57.6 Å². The molecule has 3 rings (SSSR count). The van der Waals surface area contributed by atoms with Crippen LogP contribution in [0.1, 0.15) is 30.3 Å². The first kappa shape index (κ1) is 17.8. The van der Waals surface area contributed by atoms with Gasteiger partial charge in [0, 0.05) is 19.1 Å². The van der Waals surface area contributed by atoms with Gasteiger partial charge in [0.2, 0.25) is 0 Å². The fourth-order valence-electron chi connectivity index (χ4n) is 2.79. The molecular weight excluding hydrogens is 341 g/mol. The van der Waals surface area contributed by atoms with Crippen molar-refractivity contribution < 1.29 is 18.7 Å². The standard InChI is InChI=1S/C17H20FN5O3/c1-2-26-17(25)22-8-6-13(7-9-22)19-16(24)15-11-23(21-20-15)14-5-3-4-12(18)10-14/h3-5,10-11,13H,2,6-9H2,1H3,(H,19,24). The molecule has 9 heteroatoms. The second kappa shape index (κ2) is 7.94. The van der Waals surface area contributed by atoms with Gasteiger partial charge in [0.1, 0.15) is 5.82 Å². The number of carbonyl (C=O) groups is 2. The second-order valence-electron chi connectivity index (χ2n) is 5.96. The van der Waals surface area contributed by atoms with Crippen molar-refractivity contribution in [2.45, 2.75) is 25.8 Å². The molecule has 8 nitrogen and oxygen atoms in total. The predicted octanol–water partition coefficient (Wildman–Crippen LogP) is 1.76. The summed E-state index contributed by atoms with van der Waals surface area (Å²) in [6.07, 6.45) is 2.42. The zero-order valence-electron chi connectivity index (χ0n) is 14.4. The van der Waals surface area contributed by atoms with E-state index in [1.807, 2.05) is 0 Å². The molecule has 0 aliphatic carbocycles.